The monoisotopic (exact) mass is 277 g/mol. The van der Waals surface area contributed by atoms with Crippen molar-refractivity contribution in [3.8, 4) is 0 Å². The van der Waals surface area contributed by atoms with Crippen LogP contribution in [0.15, 0.2) is 23.1 Å². The summed E-state index contributed by atoms with van der Waals surface area (Å²) >= 11 is 0. The number of aromatic carboxylic acids is 1. The molecule has 106 valence electrons. The highest BCUT2D eigenvalue weighted by Gasteiger charge is 2.14. The number of aryl methyl sites for hydroxylation is 1. The van der Waals surface area contributed by atoms with Crippen LogP contribution in [-0.2, 0) is 17.9 Å². The number of nitrogens with one attached hydrogen (secondary N) is 1. The van der Waals surface area contributed by atoms with E-state index in [1.165, 1.54) is 4.57 Å². The summed E-state index contributed by atoms with van der Waals surface area (Å²) < 4.78 is 6.29. The standard InChI is InChI=1S/C13H15N3O4/c1-8-3-4-16(12(17)11(8)13(18)19)6-9-5-10(7-20-2)15-14-9/h3-5H,6-7H2,1-2H3,(H,14,15)(H,18,19). The molecule has 0 amide bonds. The number of carboxylic acid groups (broad SMARTS) is 1. The Bertz CT molecular complexity index is 687. The van der Waals surface area contributed by atoms with E-state index in [-0.39, 0.29) is 12.1 Å². The third kappa shape index (κ3) is 2.77. The highest BCUT2D eigenvalue weighted by Crippen LogP contribution is 2.05. The zero-order valence-corrected chi connectivity index (χ0v) is 11.2. The molecular weight excluding hydrogens is 262 g/mol. The zero-order valence-electron chi connectivity index (χ0n) is 11.2. The topological polar surface area (TPSA) is 97.2 Å². The van der Waals surface area contributed by atoms with E-state index >= 15 is 0 Å². The Morgan fingerprint density at radius 3 is 2.95 bits per heavy atom. The van der Waals surface area contributed by atoms with Gasteiger partial charge in [-0.2, -0.15) is 5.10 Å². The lowest BCUT2D eigenvalue weighted by Crippen LogP contribution is -2.27. The predicted octanol–water partition coefficient (Wildman–Crippen LogP) is 0.773. The maximum Gasteiger partial charge on any atom is 0.341 e. The van der Waals surface area contributed by atoms with Gasteiger partial charge in [-0.05, 0) is 24.6 Å². The Labute approximate surface area is 114 Å². The molecule has 2 heterocycles. The fourth-order valence-corrected chi connectivity index (χ4v) is 1.95. The minimum absolute atomic E-state index is 0.205. The molecule has 20 heavy (non-hydrogen) atoms. The number of ether oxygens (including phenoxy) is 1. The fraction of sp³-hybridized carbons (Fsp3) is 0.308. The van der Waals surface area contributed by atoms with Crippen molar-refractivity contribution in [3.05, 3.63) is 51.2 Å². The Kier molecular flexibility index (Phi) is 3.99. The van der Waals surface area contributed by atoms with Crippen LogP contribution in [0.3, 0.4) is 0 Å². The minimum atomic E-state index is -1.22. The molecular formula is C13H15N3O4. The maximum atomic E-state index is 12.1. The normalized spacial score (nSPS) is 10.7. The molecule has 0 saturated carbocycles. The largest absolute Gasteiger partial charge is 0.477 e. The van der Waals surface area contributed by atoms with Gasteiger partial charge in [0.15, 0.2) is 0 Å². The number of aromatic amines is 1. The molecule has 7 heteroatoms. The number of aromatic nitrogens is 3. The van der Waals surface area contributed by atoms with Crippen molar-refractivity contribution in [2.45, 2.75) is 20.1 Å². The molecule has 2 rings (SSSR count). The smallest absolute Gasteiger partial charge is 0.341 e. The molecule has 0 atom stereocenters. The first-order valence-electron chi connectivity index (χ1n) is 5.98. The summed E-state index contributed by atoms with van der Waals surface area (Å²) in [7, 11) is 1.57. The SMILES string of the molecule is COCc1cc(Cn2ccc(C)c(C(=O)O)c2=O)[nH]n1. The van der Waals surface area contributed by atoms with Crippen LogP contribution >= 0.6 is 0 Å². The molecule has 0 aliphatic carbocycles. The van der Waals surface area contributed by atoms with Gasteiger partial charge in [-0.15, -0.1) is 0 Å². The summed E-state index contributed by atoms with van der Waals surface area (Å²) in [4.78, 5) is 23.2. The van der Waals surface area contributed by atoms with E-state index in [4.69, 9.17) is 9.84 Å². The Morgan fingerprint density at radius 1 is 1.55 bits per heavy atom. The second-order valence-corrected chi connectivity index (χ2v) is 4.43. The molecule has 7 nitrogen and oxygen atoms in total. The first kappa shape index (κ1) is 14.0. The maximum absolute atomic E-state index is 12.1. The fourth-order valence-electron chi connectivity index (χ4n) is 1.95. The summed E-state index contributed by atoms with van der Waals surface area (Å²) in [6, 6.07) is 3.38. The Balaban J connectivity index is 2.31. The van der Waals surface area contributed by atoms with Gasteiger partial charge in [-0.3, -0.25) is 9.89 Å². The van der Waals surface area contributed by atoms with Gasteiger partial charge < -0.3 is 14.4 Å². The molecule has 2 aromatic rings. The molecule has 0 spiro atoms. The number of pyridine rings is 1. The summed E-state index contributed by atoms with van der Waals surface area (Å²) in [6.45, 7) is 2.21. The van der Waals surface area contributed by atoms with Gasteiger partial charge in [-0.1, -0.05) is 0 Å². The van der Waals surface area contributed by atoms with E-state index in [1.807, 2.05) is 0 Å². The second kappa shape index (κ2) is 5.70. The number of nitrogens with zero attached hydrogens (tertiary/aromatic N) is 2. The first-order valence-corrected chi connectivity index (χ1v) is 5.98. The summed E-state index contributed by atoms with van der Waals surface area (Å²) in [5, 5.41) is 15.9. The van der Waals surface area contributed by atoms with Crippen LogP contribution in [0, 0.1) is 6.92 Å². The molecule has 0 radical (unpaired) electrons. The number of rotatable bonds is 5. The molecule has 0 fully saturated rings. The third-order valence-corrected chi connectivity index (χ3v) is 2.90. The third-order valence-electron chi connectivity index (χ3n) is 2.90. The molecule has 0 aromatic carbocycles. The van der Waals surface area contributed by atoms with Crippen LogP contribution in [0.1, 0.15) is 27.3 Å². The second-order valence-electron chi connectivity index (χ2n) is 4.43. The van der Waals surface area contributed by atoms with Crippen LogP contribution in [-0.4, -0.2) is 33.0 Å². The number of carbonyl (C=O) groups is 1. The van der Waals surface area contributed by atoms with Gasteiger partial charge in [0.05, 0.1) is 24.5 Å². The van der Waals surface area contributed by atoms with Gasteiger partial charge in [0.25, 0.3) is 5.56 Å². The number of hydrogen-bond acceptors (Lipinski definition) is 4. The van der Waals surface area contributed by atoms with Crippen LogP contribution in [0.5, 0.6) is 0 Å². The molecule has 2 N–H and O–H groups in total. The van der Waals surface area contributed by atoms with Crippen molar-refractivity contribution in [2.75, 3.05) is 7.11 Å². The lowest BCUT2D eigenvalue weighted by atomic mass is 10.1. The molecule has 0 aliphatic rings. The minimum Gasteiger partial charge on any atom is -0.477 e. The summed E-state index contributed by atoms with van der Waals surface area (Å²) in [6.07, 6.45) is 1.57. The number of H-pyrrole nitrogens is 1. The van der Waals surface area contributed by atoms with Gasteiger partial charge in [-0.25, -0.2) is 4.79 Å². The molecule has 0 unspecified atom stereocenters. The van der Waals surface area contributed by atoms with E-state index in [0.717, 1.165) is 5.69 Å². The lowest BCUT2D eigenvalue weighted by Gasteiger charge is -2.07. The van der Waals surface area contributed by atoms with Gasteiger partial charge >= 0.3 is 5.97 Å². The lowest BCUT2D eigenvalue weighted by molar-refractivity contribution is 0.0693. The van der Waals surface area contributed by atoms with Crippen molar-refractivity contribution in [1.82, 2.24) is 14.8 Å². The molecule has 0 saturated heterocycles. The Morgan fingerprint density at radius 2 is 2.30 bits per heavy atom. The average Bonchev–Trinajstić information content (AvgIpc) is 2.81. The van der Waals surface area contributed by atoms with E-state index < -0.39 is 11.5 Å². The van der Waals surface area contributed by atoms with Crippen LogP contribution in [0.4, 0.5) is 0 Å². The number of methoxy groups -OCH3 is 1. The van der Waals surface area contributed by atoms with Gasteiger partial charge in [0, 0.05) is 13.3 Å². The predicted molar refractivity (Wildman–Crippen MR) is 70.8 cm³/mol. The van der Waals surface area contributed by atoms with E-state index in [0.29, 0.717) is 17.9 Å². The van der Waals surface area contributed by atoms with E-state index in [1.54, 1.807) is 32.4 Å². The van der Waals surface area contributed by atoms with Gasteiger partial charge in [0.1, 0.15) is 5.56 Å². The summed E-state index contributed by atoms with van der Waals surface area (Å²) in [5.74, 6) is -1.22. The molecule has 0 bridgehead atoms. The zero-order chi connectivity index (χ0) is 14.7. The summed E-state index contributed by atoms with van der Waals surface area (Å²) in [5.41, 5.74) is 1.15. The van der Waals surface area contributed by atoms with Crippen LogP contribution in [0.25, 0.3) is 0 Å². The highest BCUT2D eigenvalue weighted by atomic mass is 16.5. The number of hydrogen-bond donors (Lipinski definition) is 2. The van der Waals surface area contributed by atoms with Crippen molar-refractivity contribution in [2.24, 2.45) is 0 Å². The Hall–Kier alpha value is -2.41. The van der Waals surface area contributed by atoms with E-state index in [2.05, 4.69) is 10.2 Å². The first-order chi connectivity index (χ1) is 9.52. The van der Waals surface area contributed by atoms with Crippen molar-refractivity contribution < 1.29 is 14.6 Å². The quantitative estimate of drug-likeness (QED) is 0.841. The van der Waals surface area contributed by atoms with Gasteiger partial charge in [0.2, 0.25) is 0 Å². The van der Waals surface area contributed by atoms with Crippen molar-refractivity contribution >= 4 is 5.97 Å². The van der Waals surface area contributed by atoms with Crippen molar-refractivity contribution in [1.29, 1.82) is 0 Å². The average molecular weight is 277 g/mol. The number of carboxylic acids is 1. The molecule has 0 aliphatic heterocycles. The highest BCUT2D eigenvalue weighted by molar-refractivity contribution is 5.88. The van der Waals surface area contributed by atoms with E-state index in [9.17, 15) is 9.59 Å². The molecule has 2 aromatic heterocycles. The van der Waals surface area contributed by atoms with Crippen LogP contribution in [0.2, 0.25) is 0 Å². The van der Waals surface area contributed by atoms with Crippen LogP contribution < -0.4 is 5.56 Å². The van der Waals surface area contributed by atoms with Crippen molar-refractivity contribution in [3.63, 3.8) is 0 Å².